The van der Waals surface area contributed by atoms with Crippen LogP contribution >= 0.6 is 0 Å². The molecule has 0 aromatic carbocycles. The van der Waals surface area contributed by atoms with Crippen molar-refractivity contribution in [3.8, 4) is 0 Å². The van der Waals surface area contributed by atoms with Crippen LogP contribution in [0.4, 0.5) is 4.79 Å². The highest BCUT2D eigenvalue weighted by Crippen LogP contribution is 2.34. The van der Waals surface area contributed by atoms with E-state index < -0.39 is 29.2 Å². The molecule has 21 heavy (non-hydrogen) atoms. The second kappa shape index (κ2) is 5.71. The predicted molar refractivity (Wildman–Crippen MR) is 71.3 cm³/mol. The number of piperidine rings is 1. The van der Waals surface area contributed by atoms with Crippen molar-refractivity contribution in [1.82, 2.24) is 15.1 Å². The summed E-state index contributed by atoms with van der Waals surface area (Å²) in [4.78, 5) is 49.1. The maximum Gasteiger partial charge on any atom is 0.320 e. The van der Waals surface area contributed by atoms with Gasteiger partial charge in [0.05, 0.1) is 5.41 Å². The fourth-order valence-corrected chi connectivity index (χ4v) is 2.88. The smallest absolute Gasteiger partial charge is 0.320 e. The lowest BCUT2D eigenvalue weighted by molar-refractivity contribution is -0.152. The molecule has 2 aliphatic heterocycles. The largest absolute Gasteiger partial charge is 0.481 e. The Morgan fingerprint density at radius 1 is 1.24 bits per heavy atom. The molecule has 0 aromatic rings. The summed E-state index contributed by atoms with van der Waals surface area (Å²) in [6, 6.07) is -0.447. The van der Waals surface area contributed by atoms with E-state index >= 15 is 0 Å². The van der Waals surface area contributed by atoms with Crippen molar-refractivity contribution in [3.05, 3.63) is 0 Å². The van der Waals surface area contributed by atoms with Gasteiger partial charge in [-0.05, 0) is 19.3 Å². The minimum atomic E-state index is -0.935. The molecule has 2 fully saturated rings. The van der Waals surface area contributed by atoms with Crippen LogP contribution in [-0.4, -0.2) is 64.9 Å². The van der Waals surface area contributed by atoms with E-state index in [2.05, 4.69) is 5.32 Å². The van der Waals surface area contributed by atoms with Crippen molar-refractivity contribution < 1.29 is 24.3 Å². The number of nitrogens with zero attached hydrogens (tertiary/aromatic N) is 2. The Bertz CT molecular complexity index is 476. The summed E-state index contributed by atoms with van der Waals surface area (Å²) in [5.41, 5.74) is -0.935. The summed E-state index contributed by atoms with van der Waals surface area (Å²) in [7, 11) is 0. The quantitative estimate of drug-likeness (QED) is 0.677. The molecular weight excluding hydrogens is 278 g/mol. The Morgan fingerprint density at radius 2 is 1.86 bits per heavy atom. The number of likely N-dealkylation sites (tertiary alicyclic amines) is 1. The molecule has 2 aliphatic rings. The van der Waals surface area contributed by atoms with Gasteiger partial charge in [0, 0.05) is 13.1 Å². The van der Waals surface area contributed by atoms with Crippen molar-refractivity contribution >= 4 is 23.8 Å². The molecule has 116 valence electrons. The minimum absolute atomic E-state index is 0.115. The van der Waals surface area contributed by atoms with Crippen LogP contribution in [0.15, 0.2) is 0 Å². The fraction of sp³-hybridized carbons (Fsp3) is 0.692. The van der Waals surface area contributed by atoms with E-state index in [4.69, 9.17) is 0 Å². The van der Waals surface area contributed by atoms with E-state index in [9.17, 15) is 24.3 Å². The lowest BCUT2D eigenvalue weighted by Gasteiger charge is -2.41. The van der Waals surface area contributed by atoms with E-state index in [-0.39, 0.29) is 19.6 Å². The highest BCUT2D eigenvalue weighted by Gasteiger charge is 2.43. The highest BCUT2D eigenvalue weighted by molar-refractivity contribution is 6.02. The van der Waals surface area contributed by atoms with Crippen molar-refractivity contribution in [2.75, 3.05) is 26.2 Å². The number of hydrogen-bond donors (Lipinski definition) is 2. The zero-order valence-electron chi connectivity index (χ0n) is 11.9. The number of urea groups is 1. The van der Waals surface area contributed by atoms with Gasteiger partial charge in [-0.1, -0.05) is 6.92 Å². The number of nitrogens with one attached hydrogen (secondary N) is 1. The maximum absolute atomic E-state index is 12.4. The van der Waals surface area contributed by atoms with Crippen molar-refractivity contribution in [2.24, 2.45) is 5.41 Å². The summed E-state index contributed by atoms with van der Waals surface area (Å²) < 4.78 is 0. The van der Waals surface area contributed by atoms with Gasteiger partial charge in [-0.15, -0.1) is 0 Å². The third-order valence-electron chi connectivity index (χ3n) is 4.20. The molecule has 2 saturated heterocycles. The van der Waals surface area contributed by atoms with E-state index in [0.29, 0.717) is 25.8 Å². The minimum Gasteiger partial charge on any atom is -0.481 e. The molecule has 8 heteroatoms. The van der Waals surface area contributed by atoms with Gasteiger partial charge in [0.2, 0.25) is 11.8 Å². The van der Waals surface area contributed by atoms with E-state index in [1.165, 1.54) is 4.90 Å². The molecule has 0 radical (unpaired) electrons. The zero-order valence-corrected chi connectivity index (χ0v) is 11.9. The molecule has 0 aliphatic carbocycles. The molecule has 0 saturated carbocycles. The Morgan fingerprint density at radius 3 is 2.38 bits per heavy atom. The van der Waals surface area contributed by atoms with E-state index in [0.717, 1.165) is 4.90 Å². The molecule has 2 heterocycles. The number of carboxylic acids is 1. The first-order valence-corrected chi connectivity index (χ1v) is 6.98. The standard InChI is InChI=1S/C13H19N3O5/c1-2-13(11(19)20)4-3-5-15(8-13)12(21)16-6-9(17)14-10(18)7-16/h2-8H2,1H3,(H,19,20)(H,14,17,18). The van der Waals surface area contributed by atoms with Crippen LogP contribution in [0.5, 0.6) is 0 Å². The number of carbonyl (C=O) groups is 4. The molecule has 8 nitrogen and oxygen atoms in total. The Kier molecular flexibility index (Phi) is 4.15. The molecular formula is C13H19N3O5. The second-order valence-electron chi connectivity index (χ2n) is 5.57. The lowest BCUT2D eigenvalue weighted by atomic mass is 9.78. The Balaban J connectivity index is 2.10. The summed E-state index contributed by atoms with van der Waals surface area (Å²) in [5.74, 6) is -1.94. The topological polar surface area (TPSA) is 107 Å². The second-order valence-corrected chi connectivity index (χ2v) is 5.57. The molecule has 0 spiro atoms. The Hall–Kier alpha value is -2.12. The van der Waals surface area contributed by atoms with Crippen molar-refractivity contribution in [2.45, 2.75) is 26.2 Å². The van der Waals surface area contributed by atoms with Crippen LogP contribution in [0.3, 0.4) is 0 Å². The van der Waals surface area contributed by atoms with Crippen LogP contribution in [-0.2, 0) is 14.4 Å². The monoisotopic (exact) mass is 297 g/mol. The van der Waals surface area contributed by atoms with Gasteiger partial charge in [-0.2, -0.15) is 0 Å². The van der Waals surface area contributed by atoms with Crippen LogP contribution in [0.25, 0.3) is 0 Å². The van der Waals surface area contributed by atoms with E-state index in [1.54, 1.807) is 6.92 Å². The first kappa shape index (κ1) is 15.3. The van der Waals surface area contributed by atoms with Gasteiger partial charge in [0.25, 0.3) is 0 Å². The van der Waals surface area contributed by atoms with Crippen LogP contribution in [0, 0.1) is 5.41 Å². The third kappa shape index (κ3) is 2.98. The molecule has 0 aromatic heterocycles. The van der Waals surface area contributed by atoms with Gasteiger partial charge in [0.15, 0.2) is 0 Å². The van der Waals surface area contributed by atoms with Gasteiger partial charge in [-0.3, -0.25) is 19.7 Å². The van der Waals surface area contributed by atoms with Gasteiger partial charge in [0.1, 0.15) is 13.1 Å². The van der Waals surface area contributed by atoms with Crippen molar-refractivity contribution in [1.29, 1.82) is 0 Å². The highest BCUT2D eigenvalue weighted by atomic mass is 16.4. The normalized spacial score (nSPS) is 26.5. The summed E-state index contributed by atoms with van der Waals surface area (Å²) in [5, 5.41) is 11.5. The van der Waals surface area contributed by atoms with Gasteiger partial charge in [-0.25, -0.2) is 4.79 Å². The zero-order chi connectivity index (χ0) is 15.6. The van der Waals surface area contributed by atoms with Crippen molar-refractivity contribution in [3.63, 3.8) is 0 Å². The van der Waals surface area contributed by atoms with Crippen LogP contribution < -0.4 is 5.32 Å². The van der Waals surface area contributed by atoms with Gasteiger partial charge < -0.3 is 14.9 Å². The molecule has 2 N–H and O–H groups in total. The maximum atomic E-state index is 12.4. The summed E-state index contributed by atoms with van der Waals surface area (Å²) in [6.45, 7) is 2.00. The van der Waals surface area contributed by atoms with Crippen LogP contribution in [0.2, 0.25) is 0 Å². The number of amides is 4. The fourth-order valence-electron chi connectivity index (χ4n) is 2.88. The molecule has 0 bridgehead atoms. The predicted octanol–water partition coefficient (Wildman–Crippen LogP) is -0.358. The molecule has 2 rings (SSSR count). The average molecular weight is 297 g/mol. The average Bonchev–Trinajstić information content (AvgIpc) is 2.45. The lowest BCUT2D eigenvalue weighted by Crippen LogP contribution is -2.59. The molecule has 1 unspecified atom stereocenters. The number of piperazine rings is 1. The number of carboxylic acid groups (broad SMARTS) is 1. The summed E-state index contributed by atoms with van der Waals surface area (Å²) >= 11 is 0. The Labute approximate surface area is 122 Å². The van der Waals surface area contributed by atoms with Crippen LogP contribution in [0.1, 0.15) is 26.2 Å². The number of aliphatic carboxylic acids is 1. The first-order valence-electron chi connectivity index (χ1n) is 6.98. The molecule has 4 amide bonds. The first-order chi connectivity index (χ1) is 9.88. The summed E-state index contributed by atoms with van der Waals surface area (Å²) in [6.07, 6.45) is 1.56. The third-order valence-corrected chi connectivity index (χ3v) is 4.20. The number of imide groups is 1. The number of rotatable bonds is 2. The SMILES string of the molecule is CCC1(C(=O)O)CCCN(C(=O)N2CC(=O)NC(=O)C2)C1. The van der Waals surface area contributed by atoms with E-state index in [1.807, 2.05) is 0 Å². The number of hydrogen-bond acceptors (Lipinski definition) is 4. The molecule has 1 atom stereocenters. The number of carbonyl (C=O) groups excluding carboxylic acids is 3. The van der Waals surface area contributed by atoms with Gasteiger partial charge >= 0.3 is 12.0 Å².